The van der Waals surface area contributed by atoms with Crippen LogP contribution < -0.4 is 11.5 Å². The smallest absolute Gasteiger partial charge is 0.276 e. The zero-order chi connectivity index (χ0) is 13.8. The molecule has 1 saturated heterocycles. The van der Waals surface area contributed by atoms with Crippen LogP contribution in [0.3, 0.4) is 0 Å². The number of amides is 2. The molecule has 8 heteroatoms. The van der Waals surface area contributed by atoms with Crippen LogP contribution in [0.25, 0.3) is 0 Å². The molecule has 104 valence electrons. The van der Waals surface area contributed by atoms with Crippen LogP contribution in [-0.4, -0.2) is 50.8 Å². The first kappa shape index (κ1) is 13.5. The minimum atomic E-state index is -0.541. The van der Waals surface area contributed by atoms with Crippen LogP contribution in [0.4, 0.5) is 0 Å². The van der Waals surface area contributed by atoms with Gasteiger partial charge in [0.15, 0.2) is 5.69 Å². The van der Waals surface area contributed by atoms with E-state index in [1.54, 1.807) is 6.20 Å². The lowest BCUT2D eigenvalue weighted by molar-refractivity contribution is -0.123. The second-order valence-electron chi connectivity index (χ2n) is 4.57. The number of likely N-dealkylation sites (tertiary alicyclic amines) is 1. The minimum Gasteiger partial charge on any atom is -0.368 e. The third-order valence-electron chi connectivity index (χ3n) is 3.21. The van der Waals surface area contributed by atoms with E-state index < -0.39 is 11.9 Å². The largest absolute Gasteiger partial charge is 0.368 e. The van der Waals surface area contributed by atoms with Crippen molar-refractivity contribution in [1.82, 2.24) is 19.9 Å². The Kier molecular flexibility index (Phi) is 4.10. The molecule has 1 aromatic rings. The van der Waals surface area contributed by atoms with Gasteiger partial charge in [0, 0.05) is 13.1 Å². The van der Waals surface area contributed by atoms with Gasteiger partial charge in [0.1, 0.15) is 6.04 Å². The lowest BCUT2D eigenvalue weighted by Gasteiger charge is -2.32. The average Bonchev–Trinajstić information content (AvgIpc) is 2.87. The fourth-order valence-electron chi connectivity index (χ4n) is 2.26. The number of carbonyl (C=O) groups excluding carboxylic acids is 2. The first-order valence-corrected chi connectivity index (χ1v) is 6.34. The van der Waals surface area contributed by atoms with Crippen molar-refractivity contribution in [2.75, 3.05) is 13.1 Å². The van der Waals surface area contributed by atoms with Gasteiger partial charge in [-0.1, -0.05) is 5.21 Å². The molecule has 2 amide bonds. The molecule has 1 unspecified atom stereocenters. The van der Waals surface area contributed by atoms with Crippen molar-refractivity contribution >= 4 is 11.8 Å². The Labute approximate surface area is 110 Å². The summed E-state index contributed by atoms with van der Waals surface area (Å²) >= 11 is 0. The Bertz CT molecular complexity index is 472. The molecular formula is C11H18N6O2. The number of aromatic nitrogens is 3. The molecule has 0 saturated carbocycles. The SMILES string of the molecule is NCCn1cc(C(=O)N2CCCCC2C(N)=O)nn1. The Hall–Kier alpha value is -1.96. The van der Waals surface area contributed by atoms with Gasteiger partial charge in [-0.15, -0.1) is 5.10 Å². The molecule has 0 aromatic carbocycles. The van der Waals surface area contributed by atoms with Crippen molar-refractivity contribution in [2.24, 2.45) is 11.5 Å². The molecule has 8 nitrogen and oxygen atoms in total. The standard InChI is InChI=1S/C11H18N6O2/c12-4-6-16-7-8(14-15-16)11(19)17-5-2-1-3-9(17)10(13)18/h7,9H,1-6,12H2,(H2,13,18). The predicted molar refractivity (Wildman–Crippen MR) is 66.9 cm³/mol. The quantitative estimate of drug-likeness (QED) is 0.703. The van der Waals surface area contributed by atoms with E-state index >= 15 is 0 Å². The minimum absolute atomic E-state index is 0.224. The van der Waals surface area contributed by atoms with Crippen LogP contribution in [0.1, 0.15) is 29.8 Å². The second-order valence-corrected chi connectivity index (χ2v) is 4.57. The number of hydrogen-bond acceptors (Lipinski definition) is 5. The van der Waals surface area contributed by atoms with Crippen molar-refractivity contribution in [2.45, 2.75) is 31.8 Å². The molecule has 0 spiro atoms. The number of nitrogens with zero attached hydrogens (tertiary/aromatic N) is 4. The van der Waals surface area contributed by atoms with Gasteiger partial charge < -0.3 is 16.4 Å². The molecule has 0 aliphatic carbocycles. The van der Waals surface area contributed by atoms with Gasteiger partial charge in [0.05, 0.1) is 12.7 Å². The van der Waals surface area contributed by atoms with Crippen molar-refractivity contribution in [3.05, 3.63) is 11.9 Å². The third kappa shape index (κ3) is 2.90. The number of carbonyl (C=O) groups is 2. The summed E-state index contributed by atoms with van der Waals surface area (Å²) in [6.45, 7) is 1.44. The van der Waals surface area contributed by atoms with E-state index in [1.807, 2.05) is 0 Å². The summed E-state index contributed by atoms with van der Waals surface area (Å²) in [5.74, 6) is -0.769. The summed E-state index contributed by atoms with van der Waals surface area (Å²) in [5.41, 5.74) is 11.0. The zero-order valence-corrected chi connectivity index (χ0v) is 10.7. The van der Waals surface area contributed by atoms with E-state index in [0.717, 1.165) is 12.8 Å². The lowest BCUT2D eigenvalue weighted by atomic mass is 10.0. The molecular weight excluding hydrogens is 248 g/mol. The van der Waals surface area contributed by atoms with E-state index in [0.29, 0.717) is 26.1 Å². The topological polar surface area (TPSA) is 120 Å². The van der Waals surface area contributed by atoms with Crippen molar-refractivity contribution in [3.8, 4) is 0 Å². The summed E-state index contributed by atoms with van der Waals surface area (Å²) in [6, 6.07) is -0.541. The van der Waals surface area contributed by atoms with Gasteiger partial charge in [0.2, 0.25) is 5.91 Å². The summed E-state index contributed by atoms with van der Waals surface area (Å²) < 4.78 is 1.51. The van der Waals surface area contributed by atoms with Crippen LogP contribution >= 0.6 is 0 Å². The van der Waals surface area contributed by atoms with Crippen LogP contribution in [0, 0.1) is 0 Å². The van der Waals surface area contributed by atoms with E-state index in [2.05, 4.69) is 10.3 Å². The number of piperidine rings is 1. The van der Waals surface area contributed by atoms with Gasteiger partial charge in [-0.3, -0.25) is 14.3 Å². The molecule has 19 heavy (non-hydrogen) atoms. The molecule has 0 bridgehead atoms. The van der Waals surface area contributed by atoms with E-state index in [-0.39, 0.29) is 11.6 Å². The predicted octanol–water partition coefficient (Wildman–Crippen LogP) is -1.28. The first-order valence-electron chi connectivity index (χ1n) is 6.34. The first-order chi connectivity index (χ1) is 9.13. The molecule has 1 aliphatic rings. The molecule has 1 aromatic heterocycles. The summed E-state index contributed by atoms with van der Waals surface area (Å²) in [5, 5.41) is 7.63. The zero-order valence-electron chi connectivity index (χ0n) is 10.7. The normalized spacial score (nSPS) is 19.4. The van der Waals surface area contributed by atoms with Crippen LogP contribution in [-0.2, 0) is 11.3 Å². The highest BCUT2D eigenvalue weighted by molar-refractivity contribution is 5.95. The molecule has 2 rings (SSSR count). The number of nitrogens with two attached hydrogens (primary N) is 2. The maximum atomic E-state index is 12.3. The van der Waals surface area contributed by atoms with Gasteiger partial charge in [-0.2, -0.15) is 0 Å². The highest BCUT2D eigenvalue weighted by Gasteiger charge is 2.32. The van der Waals surface area contributed by atoms with E-state index in [4.69, 9.17) is 11.5 Å². The summed E-state index contributed by atoms with van der Waals surface area (Å²) in [7, 11) is 0. The molecule has 1 atom stereocenters. The summed E-state index contributed by atoms with van der Waals surface area (Å²) in [6.07, 6.45) is 3.92. The molecule has 1 fully saturated rings. The lowest BCUT2D eigenvalue weighted by Crippen LogP contribution is -2.50. The maximum Gasteiger partial charge on any atom is 0.276 e. The molecule has 2 heterocycles. The molecule has 4 N–H and O–H groups in total. The maximum absolute atomic E-state index is 12.3. The summed E-state index contributed by atoms with van der Waals surface area (Å²) in [4.78, 5) is 25.2. The highest BCUT2D eigenvalue weighted by Crippen LogP contribution is 2.18. The van der Waals surface area contributed by atoms with Crippen molar-refractivity contribution in [1.29, 1.82) is 0 Å². The molecule has 0 radical (unpaired) electrons. The fourth-order valence-corrected chi connectivity index (χ4v) is 2.26. The Balaban J connectivity index is 2.14. The van der Waals surface area contributed by atoms with Crippen LogP contribution in [0.2, 0.25) is 0 Å². The molecule has 1 aliphatic heterocycles. The van der Waals surface area contributed by atoms with Gasteiger partial charge in [-0.05, 0) is 19.3 Å². The fraction of sp³-hybridized carbons (Fsp3) is 0.636. The Morgan fingerprint density at radius 3 is 2.89 bits per heavy atom. The average molecular weight is 266 g/mol. The number of hydrogen-bond donors (Lipinski definition) is 2. The monoisotopic (exact) mass is 266 g/mol. The number of primary amides is 1. The Morgan fingerprint density at radius 2 is 2.21 bits per heavy atom. The van der Waals surface area contributed by atoms with Crippen LogP contribution in [0.5, 0.6) is 0 Å². The van der Waals surface area contributed by atoms with Gasteiger partial charge >= 0.3 is 0 Å². The van der Waals surface area contributed by atoms with Gasteiger partial charge in [-0.25, -0.2) is 0 Å². The Morgan fingerprint density at radius 1 is 1.42 bits per heavy atom. The van der Waals surface area contributed by atoms with Crippen molar-refractivity contribution < 1.29 is 9.59 Å². The van der Waals surface area contributed by atoms with Crippen LogP contribution in [0.15, 0.2) is 6.20 Å². The van der Waals surface area contributed by atoms with Gasteiger partial charge in [0.25, 0.3) is 5.91 Å². The number of rotatable bonds is 4. The second kappa shape index (κ2) is 5.79. The third-order valence-corrected chi connectivity index (χ3v) is 3.21. The highest BCUT2D eigenvalue weighted by atomic mass is 16.2. The van der Waals surface area contributed by atoms with E-state index in [1.165, 1.54) is 9.58 Å². The van der Waals surface area contributed by atoms with Crippen molar-refractivity contribution in [3.63, 3.8) is 0 Å². The van der Waals surface area contributed by atoms with E-state index in [9.17, 15) is 9.59 Å².